The molecule has 2 rings (SSSR count). The Hall–Kier alpha value is -1.30. The normalized spacial score (nSPS) is 9.53. The first-order valence-electron chi connectivity index (χ1n) is 5.73. The lowest BCUT2D eigenvalue weighted by atomic mass is 10.1. The summed E-state index contributed by atoms with van der Waals surface area (Å²) in [6.07, 6.45) is 2.64. The van der Waals surface area contributed by atoms with Crippen molar-refractivity contribution in [3.8, 4) is 0 Å². The molecule has 0 saturated heterocycles. The Labute approximate surface area is 92.9 Å². The first kappa shape index (κ1) is 11.8. The van der Waals surface area contributed by atoms with Crippen LogP contribution in [0, 0.1) is 6.92 Å². The van der Waals surface area contributed by atoms with Crippen LogP contribution in [0.5, 0.6) is 0 Å². The van der Waals surface area contributed by atoms with Crippen molar-refractivity contribution in [2.75, 3.05) is 0 Å². The first-order valence-corrected chi connectivity index (χ1v) is 5.73. The summed E-state index contributed by atoms with van der Waals surface area (Å²) in [5.41, 5.74) is 1.32. The van der Waals surface area contributed by atoms with E-state index < -0.39 is 0 Å². The van der Waals surface area contributed by atoms with E-state index in [1.807, 2.05) is 0 Å². The summed E-state index contributed by atoms with van der Waals surface area (Å²) in [4.78, 5) is 0. The maximum atomic E-state index is 2.20. The quantitative estimate of drug-likeness (QED) is 0.610. The van der Waals surface area contributed by atoms with Crippen molar-refractivity contribution < 1.29 is 0 Å². The van der Waals surface area contributed by atoms with Gasteiger partial charge in [0.1, 0.15) is 0 Å². The van der Waals surface area contributed by atoms with Crippen molar-refractivity contribution >= 4 is 10.8 Å². The number of hydrogen-bond donors (Lipinski definition) is 0. The summed E-state index contributed by atoms with van der Waals surface area (Å²) in [6.45, 7) is 6.48. The van der Waals surface area contributed by atoms with Crippen LogP contribution < -0.4 is 0 Å². The number of aryl methyl sites for hydroxylation is 1. The standard InChI is InChI=1S/C11H10.C4H10/c1-9-6-7-10-4-2-3-5-11(10)8-9;1-3-4-2/h2-8H,1H3;3-4H2,1-2H3. The minimum absolute atomic E-state index is 1.32. The Kier molecular flexibility index (Phi) is 4.89. The van der Waals surface area contributed by atoms with Crippen molar-refractivity contribution in [3.63, 3.8) is 0 Å². The van der Waals surface area contributed by atoms with E-state index in [0.29, 0.717) is 0 Å². The van der Waals surface area contributed by atoms with Crippen LogP contribution in [0.4, 0.5) is 0 Å². The van der Waals surface area contributed by atoms with Gasteiger partial charge in [0.15, 0.2) is 0 Å². The van der Waals surface area contributed by atoms with Crippen LogP contribution in [-0.2, 0) is 0 Å². The minimum Gasteiger partial charge on any atom is -0.0654 e. The molecule has 0 spiro atoms. The van der Waals surface area contributed by atoms with E-state index in [2.05, 4.69) is 63.2 Å². The maximum Gasteiger partial charge on any atom is -0.0181 e. The lowest BCUT2D eigenvalue weighted by Gasteiger charge is -1.96. The van der Waals surface area contributed by atoms with Gasteiger partial charge in [-0.2, -0.15) is 0 Å². The van der Waals surface area contributed by atoms with Gasteiger partial charge in [0, 0.05) is 0 Å². The van der Waals surface area contributed by atoms with Crippen LogP contribution >= 0.6 is 0 Å². The first-order chi connectivity index (χ1) is 7.27. The monoisotopic (exact) mass is 200 g/mol. The topological polar surface area (TPSA) is 0 Å². The highest BCUT2D eigenvalue weighted by Gasteiger charge is 1.89. The van der Waals surface area contributed by atoms with Crippen LogP contribution in [0.2, 0.25) is 0 Å². The van der Waals surface area contributed by atoms with E-state index in [1.165, 1.54) is 29.2 Å². The molecule has 0 aliphatic carbocycles. The summed E-state index contributed by atoms with van der Waals surface area (Å²) in [5, 5.41) is 2.64. The molecule has 0 heterocycles. The second kappa shape index (κ2) is 6.23. The van der Waals surface area contributed by atoms with E-state index in [-0.39, 0.29) is 0 Å². The molecule has 15 heavy (non-hydrogen) atoms. The second-order valence-corrected chi connectivity index (χ2v) is 3.85. The SMILES string of the molecule is CCCC.Cc1ccc2ccccc2c1. The van der Waals surface area contributed by atoms with Crippen molar-refractivity contribution in [2.45, 2.75) is 33.6 Å². The molecule has 0 bridgehead atoms. The Morgan fingerprint density at radius 3 is 2.00 bits per heavy atom. The number of fused-ring (bicyclic) bond motifs is 1. The van der Waals surface area contributed by atoms with Crippen LogP contribution in [0.15, 0.2) is 42.5 Å². The molecule has 0 aliphatic rings. The van der Waals surface area contributed by atoms with Crippen molar-refractivity contribution in [3.05, 3.63) is 48.0 Å². The molecule has 2 aromatic carbocycles. The Morgan fingerprint density at radius 1 is 0.800 bits per heavy atom. The smallest absolute Gasteiger partial charge is 0.0181 e. The Bertz CT molecular complexity index is 399. The fourth-order valence-electron chi connectivity index (χ4n) is 1.31. The third kappa shape index (κ3) is 3.75. The highest BCUT2D eigenvalue weighted by molar-refractivity contribution is 5.82. The molecule has 0 heteroatoms. The van der Waals surface area contributed by atoms with Crippen LogP contribution in [0.1, 0.15) is 32.3 Å². The van der Waals surface area contributed by atoms with E-state index in [9.17, 15) is 0 Å². The molecular formula is C15H20. The third-order valence-electron chi connectivity index (χ3n) is 2.40. The van der Waals surface area contributed by atoms with Gasteiger partial charge < -0.3 is 0 Å². The molecule has 0 aliphatic heterocycles. The van der Waals surface area contributed by atoms with Crippen LogP contribution in [0.25, 0.3) is 10.8 Å². The summed E-state index contributed by atoms with van der Waals surface area (Å²) >= 11 is 0. The third-order valence-corrected chi connectivity index (χ3v) is 2.40. The maximum absolute atomic E-state index is 2.20. The van der Waals surface area contributed by atoms with Crippen molar-refractivity contribution in [1.29, 1.82) is 0 Å². The molecule has 0 fully saturated rings. The lowest BCUT2D eigenvalue weighted by molar-refractivity contribution is 0.886. The molecule has 0 nitrogen and oxygen atoms in total. The molecule has 0 N–H and O–H groups in total. The molecule has 0 atom stereocenters. The fourth-order valence-corrected chi connectivity index (χ4v) is 1.31. The van der Waals surface area contributed by atoms with E-state index in [1.54, 1.807) is 0 Å². The summed E-state index contributed by atoms with van der Waals surface area (Å²) < 4.78 is 0. The summed E-state index contributed by atoms with van der Waals surface area (Å²) in [5.74, 6) is 0. The van der Waals surface area contributed by atoms with Gasteiger partial charge in [0.2, 0.25) is 0 Å². The average molecular weight is 200 g/mol. The van der Waals surface area contributed by atoms with Gasteiger partial charge in [0.25, 0.3) is 0 Å². The number of rotatable bonds is 1. The van der Waals surface area contributed by atoms with E-state index in [0.717, 1.165) is 0 Å². The van der Waals surface area contributed by atoms with Gasteiger partial charge in [-0.15, -0.1) is 0 Å². The molecular weight excluding hydrogens is 180 g/mol. The van der Waals surface area contributed by atoms with Gasteiger partial charge >= 0.3 is 0 Å². The highest BCUT2D eigenvalue weighted by Crippen LogP contribution is 2.14. The van der Waals surface area contributed by atoms with E-state index in [4.69, 9.17) is 0 Å². The van der Waals surface area contributed by atoms with Gasteiger partial charge in [-0.25, -0.2) is 0 Å². The van der Waals surface area contributed by atoms with Gasteiger partial charge in [-0.1, -0.05) is 74.7 Å². The van der Waals surface area contributed by atoms with E-state index >= 15 is 0 Å². The van der Waals surface area contributed by atoms with Gasteiger partial charge in [-0.05, 0) is 17.7 Å². The molecule has 0 aromatic heterocycles. The lowest BCUT2D eigenvalue weighted by Crippen LogP contribution is -1.73. The Morgan fingerprint density at radius 2 is 1.40 bits per heavy atom. The van der Waals surface area contributed by atoms with Gasteiger partial charge in [0.05, 0.1) is 0 Å². The molecule has 0 amide bonds. The number of unbranched alkanes of at least 4 members (excludes halogenated alkanes) is 1. The molecule has 0 radical (unpaired) electrons. The van der Waals surface area contributed by atoms with Crippen LogP contribution in [0.3, 0.4) is 0 Å². The number of benzene rings is 2. The average Bonchev–Trinajstić information content (AvgIpc) is 2.29. The van der Waals surface area contributed by atoms with Crippen molar-refractivity contribution in [1.82, 2.24) is 0 Å². The predicted molar refractivity (Wildman–Crippen MR) is 69.3 cm³/mol. The predicted octanol–water partition coefficient (Wildman–Crippen LogP) is 4.95. The fraction of sp³-hybridized carbons (Fsp3) is 0.333. The van der Waals surface area contributed by atoms with Gasteiger partial charge in [-0.3, -0.25) is 0 Å². The zero-order valence-corrected chi connectivity index (χ0v) is 9.96. The van der Waals surface area contributed by atoms with Crippen LogP contribution in [-0.4, -0.2) is 0 Å². The molecule has 0 saturated carbocycles. The molecule has 0 unspecified atom stereocenters. The molecule has 80 valence electrons. The zero-order valence-electron chi connectivity index (χ0n) is 9.96. The van der Waals surface area contributed by atoms with Crippen molar-refractivity contribution in [2.24, 2.45) is 0 Å². The second-order valence-electron chi connectivity index (χ2n) is 3.85. The highest BCUT2D eigenvalue weighted by atomic mass is 13.9. The largest absolute Gasteiger partial charge is 0.0654 e. The molecule has 2 aromatic rings. The minimum atomic E-state index is 1.32. The zero-order chi connectivity index (χ0) is 11.1. The summed E-state index contributed by atoms with van der Waals surface area (Å²) in [6, 6.07) is 14.9. The Balaban J connectivity index is 0.000000245. The summed E-state index contributed by atoms with van der Waals surface area (Å²) in [7, 11) is 0. The number of hydrogen-bond acceptors (Lipinski definition) is 0.